The molecule has 0 bridgehead atoms. The monoisotopic (exact) mass is 379 g/mol. The van der Waals surface area contributed by atoms with Crippen molar-refractivity contribution >= 4 is 28.2 Å². The van der Waals surface area contributed by atoms with Gasteiger partial charge in [0.15, 0.2) is 12.3 Å². The molecule has 0 spiro atoms. The van der Waals surface area contributed by atoms with E-state index in [-0.39, 0.29) is 5.91 Å². The number of aryl methyl sites for hydroxylation is 1. The zero-order valence-corrected chi connectivity index (χ0v) is 15.9. The minimum absolute atomic E-state index is 0.0681. The van der Waals surface area contributed by atoms with Gasteiger partial charge in [-0.15, -0.1) is 11.3 Å². The molecule has 0 saturated carbocycles. The number of furan rings is 1. The standard InChI is InChI=1S/C18H23N3O4S/c1-13-10-15(18(23)24-2)17(26-13)19-16(22)12-21-7-5-20(6-8-21)11-14-4-3-9-25-14/h3-4,9-10H,5-8,11-12H2,1-2H3,(H,19,22)/p+2. The lowest BCUT2D eigenvalue weighted by Gasteiger charge is -2.28. The molecular weight excluding hydrogens is 354 g/mol. The third-order valence-electron chi connectivity index (χ3n) is 4.59. The van der Waals surface area contributed by atoms with Gasteiger partial charge in [-0.2, -0.15) is 0 Å². The number of hydrogen-bond acceptors (Lipinski definition) is 5. The first-order valence-corrected chi connectivity index (χ1v) is 9.55. The van der Waals surface area contributed by atoms with E-state index in [0.717, 1.165) is 43.4 Å². The van der Waals surface area contributed by atoms with Crippen LogP contribution in [0.3, 0.4) is 0 Å². The van der Waals surface area contributed by atoms with Gasteiger partial charge in [0.1, 0.15) is 37.7 Å². The average molecular weight is 379 g/mol. The Morgan fingerprint density at radius 3 is 2.65 bits per heavy atom. The smallest absolute Gasteiger partial charge is 0.340 e. The lowest BCUT2D eigenvalue weighted by atomic mass is 10.3. The molecule has 26 heavy (non-hydrogen) atoms. The fourth-order valence-corrected chi connectivity index (χ4v) is 4.15. The largest absolute Gasteiger partial charge is 0.465 e. The number of piperazine rings is 1. The fourth-order valence-electron chi connectivity index (χ4n) is 3.24. The predicted molar refractivity (Wildman–Crippen MR) is 97.7 cm³/mol. The quantitative estimate of drug-likeness (QED) is 0.584. The molecular formula is C18H25N3O4S+2. The normalized spacial score (nSPS) is 19.9. The Balaban J connectivity index is 1.48. The number of thiophene rings is 1. The summed E-state index contributed by atoms with van der Waals surface area (Å²) in [6.45, 7) is 7.10. The molecule has 3 N–H and O–H groups in total. The number of ether oxygens (including phenoxy) is 1. The van der Waals surface area contributed by atoms with Crippen LogP contribution in [0, 0.1) is 6.92 Å². The van der Waals surface area contributed by atoms with Gasteiger partial charge in [0.05, 0.1) is 18.9 Å². The number of nitrogens with one attached hydrogen (secondary N) is 3. The maximum absolute atomic E-state index is 12.4. The second-order valence-electron chi connectivity index (χ2n) is 6.57. The Kier molecular flexibility index (Phi) is 6.08. The fraction of sp³-hybridized carbons (Fsp3) is 0.444. The molecule has 140 valence electrons. The van der Waals surface area contributed by atoms with E-state index in [9.17, 15) is 9.59 Å². The number of anilines is 1. The maximum atomic E-state index is 12.4. The van der Waals surface area contributed by atoms with Crippen molar-refractivity contribution in [1.82, 2.24) is 0 Å². The zero-order chi connectivity index (χ0) is 18.5. The molecule has 8 heteroatoms. The van der Waals surface area contributed by atoms with Gasteiger partial charge in [-0.3, -0.25) is 4.79 Å². The Hall–Kier alpha value is -2.16. The number of rotatable bonds is 6. The van der Waals surface area contributed by atoms with Gasteiger partial charge in [0.2, 0.25) is 0 Å². The highest BCUT2D eigenvalue weighted by Gasteiger charge is 2.26. The van der Waals surface area contributed by atoms with Gasteiger partial charge >= 0.3 is 5.97 Å². The molecule has 3 rings (SSSR count). The highest BCUT2D eigenvalue weighted by atomic mass is 32.1. The molecule has 7 nitrogen and oxygen atoms in total. The van der Waals surface area contributed by atoms with Gasteiger partial charge in [-0.05, 0) is 25.1 Å². The summed E-state index contributed by atoms with van der Waals surface area (Å²) in [6.07, 6.45) is 1.70. The SMILES string of the molecule is COC(=O)c1cc(C)sc1NC(=O)C[NH+]1CC[NH+](Cc2ccco2)CC1. The lowest BCUT2D eigenvalue weighted by Crippen LogP contribution is -3.28. The van der Waals surface area contributed by atoms with Crippen LogP contribution in [0.25, 0.3) is 0 Å². The van der Waals surface area contributed by atoms with Crippen LogP contribution in [-0.4, -0.2) is 51.7 Å². The summed E-state index contributed by atoms with van der Waals surface area (Å²) in [7, 11) is 1.34. The van der Waals surface area contributed by atoms with Crippen molar-refractivity contribution in [2.45, 2.75) is 13.5 Å². The van der Waals surface area contributed by atoms with Gasteiger partial charge in [-0.1, -0.05) is 0 Å². The first-order valence-electron chi connectivity index (χ1n) is 8.73. The maximum Gasteiger partial charge on any atom is 0.340 e. The zero-order valence-electron chi connectivity index (χ0n) is 15.1. The molecule has 0 radical (unpaired) electrons. The van der Waals surface area contributed by atoms with E-state index in [1.807, 2.05) is 19.1 Å². The number of hydrogen-bond donors (Lipinski definition) is 3. The van der Waals surface area contributed by atoms with E-state index in [2.05, 4.69) is 5.32 Å². The first kappa shape index (κ1) is 18.6. The van der Waals surface area contributed by atoms with Crippen molar-refractivity contribution in [2.24, 2.45) is 0 Å². The van der Waals surface area contributed by atoms with Gasteiger partial charge < -0.3 is 24.3 Å². The summed E-state index contributed by atoms with van der Waals surface area (Å²) in [5, 5.41) is 3.45. The molecule has 0 aliphatic carbocycles. The Labute approximate surface area is 156 Å². The van der Waals surface area contributed by atoms with Crippen LogP contribution in [-0.2, 0) is 16.1 Å². The number of methoxy groups -OCH3 is 1. The van der Waals surface area contributed by atoms with Crippen LogP contribution in [0.15, 0.2) is 28.9 Å². The summed E-state index contributed by atoms with van der Waals surface area (Å²) >= 11 is 1.39. The van der Waals surface area contributed by atoms with Gasteiger partial charge in [0.25, 0.3) is 5.91 Å². The van der Waals surface area contributed by atoms with Crippen LogP contribution in [0.5, 0.6) is 0 Å². The van der Waals surface area contributed by atoms with Crippen molar-refractivity contribution in [3.05, 3.63) is 40.7 Å². The molecule has 0 aromatic carbocycles. The van der Waals surface area contributed by atoms with Crippen LogP contribution in [0.1, 0.15) is 21.0 Å². The third kappa shape index (κ3) is 4.72. The van der Waals surface area contributed by atoms with Crippen LogP contribution in [0.4, 0.5) is 5.00 Å². The first-order chi connectivity index (χ1) is 12.5. The molecule has 1 amide bonds. The topological polar surface area (TPSA) is 77.4 Å². The van der Waals surface area contributed by atoms with Crippen LogP contribution in [0.2, 0.25) is 0 Å². The van der Waals surface area contributed by atoms with Crippen molar-refractivity contribution < 1.29 is 28.5 Å². The number of carbonyl (C=O) groups excluding carboxylic acids is 2. The van der Waals surface area contributed by atoms with Crippen molar-refractivity contribution in [3.8, 4) is 0 Å². The average Bonchev–Trinajstić information content (AvgIpc) is 3.25. The van der Waals surface area contributed by atoms with E-state index >= 15 is 0 Å². The van der Waals surface area contributed by atoms with Crippen LogP contribution >= 0.6 is 11.3 Å². The molecule has 0 atom stereocenters. The van der Waals surface area contributed by atoms with E-state index in [1.165, 1.54) is 28.2 Å². The highest BCUT2D eigenvalue weighted by molar-refractivity contribution is 7.16. The number of quaternary nitrogens is 2. The Morgan fingerprint density at radius 1 is 1.27 bits per heavy atom. The summed E-state index contributed by atoms with van der Waals surface area (Å²) in [5.41, 5.74) is 0.422. The minimum Gasteiger partial charge on any atom is -0.465 e. The molecule has 3 heterocycles. The van der Waals surface area contributed by atoms with Gasteiger partial charge in [-0.25, -0.2) is 4.79 Å². The molecule has 2 aromatic heterocycles. The second-order valence-corrected chi connectivity index (χ2v) is 7.83. The summed E-state index contributed by atoms with van der Waals surface area (Å²) in [5.74, 6) is 0.512. The Bertz CT molecular complexity index is 749. The summed E-state index contributed by atoms with van der Waals surface area (Å²) in [6, 6.07) is 5.66. The second kappa shape index (κ2) is 8.48. The highest BCUT2D eigenvalue weighted by Crippen LogP contribution is 2.27. The number of esters is 1. The van der Waals surface area contributed by atoms with Gasteiger partial charge in [0, 0.05) is 4.88 Å². The van der Waals surface area contributed by atoms with Crippen LogP contribution < -0.4 is 15.1 Å². The summed E-state index contributed by atoms with van der Waals surface area (Å²) in [4.78, 5) is 27.9. The molecule has 1 saturated heterocycles. The van der Waals surface area contributed by atoms with Crippen molar-refractivity contribution in [2.75, 3.05) is 45.2 Å². The van der Waals surface area contributed by atoms with Crippen molar-refractivity contribution in [3.63, 3.8) is 0 Å². The molecule has 1 aliphatic heterocycles. The lowest BCUT2D eigenvalue weighted by molar-refractivity contribution is -1.02. The molecule has 1 fully saturated rings. The van der Waals surface area contributed by atoms with E-state index in [0.29, 0.717) is 17.1 Å². The number of amides is 1. The minimum atomic E-state index is -0.424. The molecule has 2 aromatic rings. The Morgan fingerprint density at radius 2 is 2.00 bits per heavy atom. The van der Waals surface area contributed by atoms with Crippen molar-refractivity contribution in [1.29, 1.82) is 0 Å². The number of carbonyl (C=O) groups is 2. The van der Waals surface area contributed by atoms with E-state index < -0.39 is 5.97 Å². The molecule has 0 unspecified atom stereocenters. The van der Waals surface area contributed by atoms with E-state index in [4.69, 9.17) is 9.15 Å². The summed E-state index contributed by atoms with van der Waals surface area (Å²) < 4.78 is 10.2. The molecule has 1 aliphatic rings. The predicted octanol–water partition coefficient (Wildman–Crippen LogP) is -0.642. The third-order valence-corrected chi connectivity index (χ3v) is 5.56. The van der Waals surface area contributed by atoms with E-state index in [1.54, 1.807) is 12.3 Å².